The Hall–Kier alpha value is -1.07. The molecular formula is C10H18N4O. The van der Waals surface area contributed by atoms with Crippen LogP contribution in [0, 0.1) is 5.92 Å². The highest BCUT2D eigenvalue weighted by Gasteiger charge is 2.28. The van der Waals surface area contributed by atoms with Crippen LogP contribution in [0.4, 0.5) is 0 Å². The van der Waals surface area contributed by atoms with Crippen molar-refractivity contribution in [3.63, 3.8) is 0 Å². The molecule has 0 amide bonds. The van der Waals surface area contributed by atoms with E-state index in [9.17, 15) is 0 Å². The summed E-state index contributed by atoms with van der Waals surface area (Å²) >= 11 is 0. The van der Waals surface area contributed by atoms with Crippen LogP contribution < -0.4 is 16.0 Å². The monoisotopic (exact) mass is 210 g/mol. The normalized spacial score (nSPS) is 17.8. The summed E-state index contributed by atoms with van der Waals surface area (Å²) in [4.78, 5) is 0. The van der Waals surface area contributed by atoms with E-state index >= 15 is 0 Å². The molecule has 3 N–H and O–H groups in total. The Balaban J connectivity index is 2.18. The van der Waals surface area contributed by atoms with Gasteiger partial charge in [-0.2, -0.15) is 5.10 Å². The summed E-state index contributed by atoms with van der Waals surface area (Å²) in [5.41, 5.74) is 3.88. The van der Waals surface area contributed by atoms with Crippen LogP contribution in [0.15, 0.2) is 6.20 Å². The summed E-state index contributed by atoms with van der Waals surface area (Å²) in [5.74, 6) is 7.20. The average molecular weight is 210 g/mol. The average Bonchev–Trinajstić information content (AvgIpc) is 2.98. The molecule has 1 heterocycles. The van der Waals surface area contributed by atoms with E-state index in [0.717, 1.165) is 23.8 Å². The molecule has 2 rings (SSSR count). The molecule has 1 aromatic heterocycles. The van der Waals surface area contributed by atoms with Gasteiger partial charge in [-0.25, -0.2) is 0 Å². The molecule has 0 bridgehead atoms. The van der Waals surface area contributed by atoms with E-state index < -0.39 is 0 Å². The highest BCUT2D eigenvalue weighted by Crippen LogP contribution is 2.39. The molecule has 0 spiro atoms. The standard InChI is InChI=1S/C10H18N4O/c1-14-10(9(15-2)6-12-14)8(13-11)5-7-3-4-7/h6-8,13H,3-5,11H2,1-2H3. The van der Waals surface area contributed by atoms with Crippen molar-refractivity contribution >= 4 is 0 Å². The Morgan fingerprint density at radius 2 is 2.47 bits per heavy atom. The minimum Gasteiger partial charge on any atom is -0.493 e. The molecule has 1 aliphatic carbocycles. The molecule has 1 fully saturated rings. The Labute approximate surface area is 89.6 Å². The van der Waals surface area contributed by atoms with E-state index in [-0.39, 0.29) is 6.04 Å². The first-order valence-electron chi connectivity index (χ1n) is 5.28. The number of nitrogens with one attached hydrogen (secondary N) is 1. The van der Waals surface area contributed by atoms with E-state index in [1.165, 1.54) is 12.8 Å². The van der Waals surface area contributed by atoms with Crippen molar-refractivity contribution in [2.75, 3.05) is 7.11 Å². The van der Waals surface area contributed by atoms with Crippen LogP contribution in [0.5, 0.6) is 5.75 Å². The highest BCUT2D eigenvalue weighted by molar-refractivity contribution is 5.28. The molecule has 0 saturated heterocycles. The van der Waals surface area contributed by atoms with Gasteiger partial charge < -0.3 is 4.74 Å². The summed E-state index contributed by atoms with van der Waals surface area (Å²) in [6.45, 7) is 0. The van der Waals surface area contributed by atoms with Crippen molar-refractivity contribution in [1.82, 2.24) is 15.2 Å². The van der Waals surface area contributed by atoms with Gasteiger partial charge in [0.25, 0.3) is 0 Å². The van der Waals surface area contributed by atoms with Gasteiger partial charge in [0.05, 0.1) is 25.0 Å². The maximum absolute atomic E-state index is 5.59. The summed E-state index contributed by atoms with van der Waals surface area (Å²) in [6.07, 6.45) is 5.43. The molecule has 1 aliphatic rings. The number of ether oxygens (including phenoxy) is 1. The number of aromatic nitrogens is 2. The SMILES string of the molecule is COc1cnn(C)c1C(CC1CC1)NN. The molecular weight excluding hydrogens is 192 g/mol. The fraction of sp³-hybridized carbons (Fsp3) is 0.700. The molecule has 84 valence electrons. The fourth-order valence-electron chi connectivity index (χ4n) is 1.93. The zero-order valence-electron chi connectivity index (χ0n) is 9.23. The molecule has 0 aromatic carbocycles. The maximum Gasteiger partial charge on any atom is 0.161 e. The van der Waals surface area contributed by atoms with Crippen molar-refractivity contribution in [2.45, 2.75) is 25.3 Å². The van der Waals surface area contributed by atoms with Crippen LogP contribution in [0.25, 0.3) is 0 Å². The number of nitrogens with zero attached hydrogens (tertiary/aromatic N) is 2. The molecule has 15 heavy (non-hydrogen) atoms. The predicted octanol–water partition coefficient (Wildman–Crippen LogP) is 0.733. The fourth-order valence-corrected chi connectivity index (χ4v) is 1.93. The number of aryl methyl sites for hydroxylation is 1. The number of hydrazine groups is 1. The highest BCUT2D eigenvalue weighted by atomic mass is 16.5. The number of hydrogen-bond donors (Lipinski definition) is 2. The van der Waals surface area contributed by atoms with Gasteiger partial charge in [0.2, 0.25) is 0 Å². The first-order chi connectivity index (χ1) is 7.26. The van der Waals surface area contributed by atoms with Gasteiger partial charge >= 0.3 is 0 Å². The van der Waals surface area contributed by atoms with Crippen molar-refractivity contribution in [2.24, 2.45) is 18.8 Å². The predicted molar refractivity (Wildman–Crippen MR) is 57.2 cm³/mol. The van der Waals surface area contributed by atoms with Crippen LogP contribution in [0.1, 0.15) is 31.0 Å². The van der Waals surface area contributed by atoms with Gasteiger partial charge in [-0.05, 0) is 12.3 Å². The Morgan fingerprint density at radius 3 is 3.00 bits per heavy atom. The van der Waals surface area contributed by atoms with Crippen molar-refractivity contribution in [1.29, 1.82) is 0 Å². The van der Waals surface area contributed by atoms with Crippen molar-refractivity contribution in [3.05, 3.63) is 11.9 Å². The second-order valence-corrected chi connectivity index (χ2v) is 4.12. The zero-order valence-corrected chi connectivity index (χ0v) is 9.23. The number of methoxy groups -OCH3 is 1. The summed E-state index contributed by atoms with van der Waals surface area (Å²) in [5, 5.41) is 4.18. The molecule has 0 radical (unpaired) electrons. The largest absolute Gasteiger partial charge is 0.493 e. The van der Waals surface area contributed by atoms with E-state index in [4.69, 9.17) is 10.6 Å². The lowest BCUT2D eigenvalue weighted by molar-refractivity contribution is 0.385. The van der Waals surface area contributed by atoms with Gasteiger partial charge in [0.1, 0.15) is 0 Å². The van der Waals surface area contributed by atoms with E-state index in [2.05, 4.69) is 10.5 Å². The third-order valence-corrected chi connectivity index (χ3v) is 2.97. The first-order valence-corrected chi connectivity index (χ1v) is 5.28. The minimum atomic E-state index is 0.139. The maximum atomic E-state index is 5.59. The molecule has 1 atom stereocenters. The second kappa shape index (κ2) is 4.20. The molecule has 0 aliphatic heterocycles. The second-order valence-electron chi connectivity index (χ2n) is 4.12. The lowest BCUT2D eigenvalue weighted by Crippen LogP contribution is -2.30. The van der Waals surface area contributed by atoms with Crippen molar-refractivity contribution < 1.29 is 4.74 Å². The number of hydrogen-bond acceptors (Lipinski definition) is 4. The van der Waals surface area contributed by atoms with Gasteiger partial charge in [-0.15, -0.1) is 0 Å². The van der Waals surface area contributed by atoms with E-state index in [1.54, 1.807) is 13.3 Å². The third kappa shape index (κ3) is 2.13. The van der Waals surface area contributed by atoms with Crippen molar-refractivity contribution in [3.8, 4) is 5.75 Å². The van der Waals surface area contributed by atoms with Crippen LogP contribution in [0.3, 0.4) is 0 Å². The van der Waals surface area contributed by atoms with Gasteiger partial charge in [0.15, 0.2) is 5.75 Å². The van der Waals surface area contributed by atoms with Gasteiger partial charge in [-0.3, -0.25) is 16.0 Å². The van der Waals surface area contributed by atoms with Crippen LogP contribution in [-0.2, 0) is 7.05 Å². The molecule has 1 aromatic rings. The van der Waals surface area contributed by atoms with Gasteiger partial charge in [0, 0.05) is 7.05 Å². The lowest BCUT2D eigenvalue weighted by Gasteiger charge is -2.17. The summed E-state index contributed by atoms with van der Waals surface area (Å²) in [7, 11) is 3.57. The van der Waals surface area contributed by atoms with E-state index in [0.29, 0.717) is 0 Å². The van der Waals surface area contributed by atoms with Crippen LogP contribution >= 0.6 is 0 Å². The smallest absolute Gasteiger partial charge is 0.161 e. The Morgan fingerprint density at radius 1 is 1.73 bits per heavy atom. The topological polar surface area (TPSA) is 65.1 Å². The van der Waals surface area contributed by atoms with Crippen LogP contribution in [-0.4, -0.2) is 16.9 Å². The quantitative estimate of drug-likeness (QED) is 0.555. The zero-order chi connectivity index (χ0) is 10.8. The third-order valence-electron chi connectivity index (χ3n) is 2.97. The van der Waals surface area contributed by atoms with Gasteiger partial charge in [-0.1, -0.05) is 12.8 Å². The van der Waals surface area contributed by atoms with Crippen LogP contribution in [0.2, 0.25) is 0 Å². The number of nitrogens with two attached hydrogens (primary N) is 1. The summed E-state index contributed by atoms with van der Waals surface area (Å²) < 4.78 is 7.10. The first kappa shape index (κ1) is 10.4. The summed E-state index contributed by atoms with van der Waals surface area (Å²) in [6, 6.07) is 0.139. The molecule has 1 saturated carbocycles. The Bertz CT molecular complexity index is 332. The molecule has 5 nitrogen and oxygen atoms in total. The van der Waals surface area contributed by atoms with E-state index in [1.807, 2.05) is 11.7 Å². The number of rotatable bonds is 5. The molecule has 5 heteroatoms. The minimum absolute atomic E-state index is 0.139. The molecule has 1 unspecified atom stereocenters. The Kier molecular flexibility index (Phi) is 2.93. The lowest BCUT2D eigenvalue weighted by atomic mass is 10.1.